The molecule has 0 aliphatic heterocycles. The van der Waals surface area contributed by atoms with Gasteiger partial charge in [-0.15, -0.1) is 11.3 Å². The SMILES string of the molecule is Cc1c(-c2[nH]c3ccccc3c2-c2ccc(Cl)cc2)sc2ccccc12. The van der Waals surface area contributed by atoms with Crippen LogP contribution < -0.4 is 0 Å². The van der Waals surface area contributed by atoms with Crippen molar-refractivity contribution in [2.24, 2.45) is 0 Å². The number of H-pyrrole nitrogens is 1. The van der Waals surface area contributed by atoms with Crippen molar-refractivity contribution in [1.82, 2.24) is 4.98 Å². The highest BCUT2D eigenvalue weighted by Crippen LogP contribution is 2.44. The van der Waals surface area contributed by atoms with Gasteiger partial charge in [0.15, 0.2) is 0 Å². The van der Waals surface area contributed by atoms with Gasteiger partial charge in [-0.2, -0.15) is 0 Å². The Morgan fingerprint density at radius 1 is 0.808 bits per heavy atom. The van der Waals surface area contributed by atoms with E-state index < -0.39 is 0 Å². The lowest BCUT2D eigenvalue weighted by Crippen LogP contribution is -1.82. The van der Waals surface area contributed by atoms with Gasteiger partial charge in [-0.05, 0) is 47.7 Å². The second-order valence-electron chi connectivity index (χ2n) is 6.48. The maximum atomic E-state index is 6.12. The quantitative estimate of drug-likeness (QED) is 0.326. The van der Waals surface area contributed by atoms with Crippen LogP contribution in [-0.4, -0.2) is 4.98 Å². The number of para-hydroxylation sites is 1. The van der Waals surface area contributed by atoms with Crippen molar-refractivity contribution in [3.8, 4) is 21.7 Å². The van der Waals surface area contributed by atoms with Crippen molar-refractivity contribution < 1.29 is 0 Å². The summed E-state index contributed by atoms with van der Waals surface area (Å²) in [6.45, 7) is 2.21. The lowest BCUT2D eigenvalue weighted by atomic mass is 10.00. The molecule has 3 aromatic carbocycles. The predicted molar refractivity (Wildman–Crippen MR) is 114 cm³/mol. The first-order valence-corrected chi connectivity index (χ1v) is 9.77. The highest BCUT2D eigenvalue weighted by atomic mass is 35.5. The molecule has 3 heteroatoms. The van der Waals surface area contributed by atoms with Crippen LogP contribution in [-0.2, 0) is 0 Å². The van der Waals surface area contributed by atoms with Gasteiger partial charge in [0.05, 0.1) is 10.6 Å². The summed E-state index contributed by atoms with van der Waals surface area (Å²) in [6, 6.07) is 25.2. The van der Waals surface area contributed by atoms with Crippen molar-refractivity contribution in [1.29, 1.82) is 0 Å². The highest BCUT2D eigenvalue weighted by molar-refractivity contribution is 7.22. The van der Waals surface area contributed by atoms with Crippen LogP contribution in [0.15, 0.2) is 72.8 Å². The number of aryl methyl sites for hydroxylation is 1. The standard InChI is InChI=1S/C23H16ClNS/c1-14-17-6-3-5-9-20(17)26-23(14)22-21(15-10-12-16(24)13-11-15)18-7-2-4-8-19(18)25-22/h2-13,25H,1H3. The second-order valence-corrected chi connectivity index (χ2v) is 7.97. The topological polar surface area (TPSA) is 15.8 Å². The van der Waals surface area contributed by atoms with Gasteiger partial charge in [0.2, 0.25) is 0 Å². The average Bonchev–Trinajstić information content (AvgIpc) is 3.21. The Kier molecular flexibility index (Phi) is 3.63. The number of hydrogen-bond acceptors (Lipinski definition) is 1. The van der Waals surface area contributed by atoms with Gasteiger partial charge in [-0.3, -0.25) is 0 Å². The van der Waals surface area contributed by atoms with Crippen LogP contribution in [0.3, 0.4) is 0 Å². The van der Waals surface area contributed by atoms with Crippen LogP contribution in [0.25, 0.3) is 42.7 Å². The Labute approximate surface area is 160 Å². The fourth-order valence-electron chi connectivity index (χ4n) is 3.64. The van der Waals surface area contributed by atoms with Crippen LogP contribution in [0.5, 0.6) is 0 Å². The molecule has 126 valence electrons. The molecule has 0 saturated heterocycles. The fourth-order valence-corrected chi connectivity index (χ4v) is 4.98. The summed E-state index contributed by atoms with van der Waals surface area (Å²) in [6.07, 6.45) is 0. The molecule has 2 heterocycles. The molecule has 0 aliphatic carbocycles. The minimum Gasteiger partial charge on any atom is -0.353 e. The van der Waals surface area contributed by atoms with Gasteiger partial charge in [0.25, 0.3) is 0 Å². The summed E-state index contributed by atoms with van der Waals surface area (Å²) in [5, 5.41) is 3.32. The summed E-state index contributed by atoms with van der Waals surface area (Å²) >= 11 is 7.97. The van der Waals surface area contributed by atoms with E-state index in [0.29, 0.717) is 0 Å². The Morgan fingerprint density at radius 3 is 2.27 bits per heavy atom. The lowest BCUT2D eigenvalue weighted by molar-refractivity contribution is 1.45. The zero-order valence-corrected chi connectivity index (χ0v) is 15.8. The molecule has 0 amide bonds. The lowest BCUT2D eigenvalue weighted by Gasteiger charge is -2.05. The molecule has 0 radical (unpaired) electrons. The third-order valence-corrected chi connectivity index (χ3v) is 6.45. The number of aromatic amines is 1. The third-order valence-electron chi connectivity index (χ3n) is 4.91. The van der Waals surface area contributed by atoms with E-state index in [4.69, 9.17) is 11.6 Å². The summed E-state index contributed by atoms with van der Waals surface area (Å²) in [7, 11) is 0. The summed E-state index contributed by atoms with van der Waals surface area (Å²) in [5.41, 5.74) is 6.09. The first-order valence-electron chi connectivity index (χ1n) is 8.57. The first kappa shape index (κ1) is 15.7. The molecule has 5 aromatic rings. The molecule has 26 heavy (non-hydrogen) atoms. The van der Waals surface area contributed by atoms with Crippen LogP contribution in [0, 0.1) is 6.92 Å². The number of rotatable bonds is 2. The molecular weight excluding hydrogens is 358 g/mol. The second kappa shape index (κ2) is 6.01. The van der Waals surface area contributed by atoms with Gasteiger partial charge in [0, 0.05) is 26.2 Å². The van der Waals surface area contributed by atoms with Gasteiger partial charge in [-0.25, -0.2) is 0 Å². The summed E-state index contributed by atoms with van der Waals surface area (Å²) in [4.78, 5) is 4.97. The van der Waals surface area contributed by atoms with E-state index in [1.54, 1.807) is 0 Å². The zero-order chi connectivity index (χ0) is 17.7. The third kappa shape index (κ3) is 2.38. The van der Waals surface area contributed by atoms with E-state index >= 15 is 0 Å². The summed E-state index contributed by atoms with van der Waals surface area (Å²) < 4.78 is 1.32. The first-order chi connectivity index (χ1) is 12.7. The number of thiophene rings is 1. The predicted octanol–water partition coefficient (Wildman–Crippen LogP) is 7.68. The van der Waals surface area contributed by atoms with Crippen LogP contribution >= 0.6 is 22.9 Å². The van der Waals surface area contributed by atoms with Crippen LogP contribution in [0.4, 0.5) is 0 Å². The smallest absolute Gasteiger partial charge is 0.0649 e. The van der Waals surface area contributed by atoms with Gasteiger partial charge in [-0.1, -0.05) is 60.1 Å². The van der Waals surface area contributed by atoms with Crippen LogP contribution in [0.2, 0.25) is 5.02 Å². The van der Waals surface area contributed by atoms with Crippen molar-refractivity contribution in [2.45, 2.75) is 6.92 Å². The molecule has 0 atom stereocenters. The van der Waals surface area contributed by atoms with Crippen molar-refractivity contribution in [3.05, 3.63) is 83.4 Å². The minimum absolute atomic E-state index is 0.758. The molecule has 1 nitrogen and oxygen atoms in total. The van der Waals surface area contributed by atoms with E-state index in [2.05, 4.69) is 72.6 Å². The Balaban J connectivity index is 1.86. The number of benzene rings is 3. The maximum absolute atomic E-state index is 6.12. The van der Waals surface area contributed by atoms with Crippen molar-refractivity contribution in [3.63, 3.8) is 0 Å². The van der Waals surface area contributed by atoms with E-state index in [1.807, 2.05) is 23.5 Å². The maximum Gasteiger partial charge on any atom is 0.0649 e. The normalized spacial score (nSPS) is 11.5. The van der Waals surface area contributed by atoms with Gasteiger partial charge in [0.1, 0.15) is 0 Å². The molecule has 0 bridgehead atoms. The Bertz CT molecular complexity index is 1240. The molecule has 5 rings (SSSR count). The van der Waals surface area contributed by atoms with E-state index in [-0.39, 0.29) is 0 Å². The van der Waals surface area contributed by atoms with E-state index in [1.165, 1.54) is 42.7 Å². The molecule has 2 aromatic heterocycles. The Morgan fingerprint density at radius 2 is 1.50 bits per heavy atom. The summed E-state index contributed by atoms with van der Waals surface area (Å²) in [5.74, 6) is 0. The minimum atomic E-state index is 0.758. The highest BCUT2D eigenvalue weighted by Gasteiger charge is 2.19. The number of nitrogens with one attached hydrogen (secondary N) is 1. The zero-order valence-electron chi connectivity index (χ0n) is 14.2. The largest absolute Gasteiger partial charge is 0.353 e. The van der Waals surface area contributed by atoms with Crippen molar-refractivity contribution in [2.75, 3.05) is 0 Å². The Hall–Kier alpha value is -2.55. The monoisotopic (exact) mass is 373 g/mol. The van der Waals surface area contributed by atoms with Gasteiger partial charge >= 0.3 is 0 Å². The number of halogens is 1. The number of hydrogen-bond donors (Lipinski definition) is 1. The average molecular weight is 374 g/mol. The molecule has 0 spiro atoms. The van der Waals surface area contributed by atoms with E-state index in [9.17, 15) is 0 Å². The molecule has 0 aliphatic rings. The van der Waals surface area contributed by atoms with Crippen molar-refractivity contribution >= 4 is 43.9 Å². The van der Waals surface area contributed by atoms with Gasteiger partial charge < -0.3 is 4.98 Å². The number of aromatic nitrogens is 1. The molecule has 0 saturated carbocycles. The molecule has 1 N–H and O–H groups in total. The number of fused-ring (bicyclic) bond motifs is 2. The van der Waals surface area contributed by atoms with Crippen LogP contribution in [0.1, 0.15) is 5.56 Å². The van der Waals surface area contributed by atoms with E-state index in [0.717, 1.165) is 10.5 Å². The fraction of sp³-hybridized carbons (Fsp3) is 0.0435. The molecule has 0 unspecified atom stereocenters. The molecule has 0 fully saturated rings. The molecular formula is C23H16ClNS.